The van der Waals surface area contributed by atoms with Gasteiger partial charge in [0.05, 0.1) is 29.9 Å². The van der Waals surface area contributed by atoms with Gasteiger partial charge in [-0.05, 0) is 61.4 Å². The molecule has 1 spiro atoms. The first-order valence-corrected chi connectivity index (χ1v) is 16.3. The molecule has 3 aromatic carbocycles. The zero-order valence-electron chi connectivity index (χ0n) is 23.7. The van der Waals surface area contributed by atoms with Crippen molar-refractivity contribution < 1.29 is 23.0 Å². The molecular weight excluding hydrogens is 536 g/mol. The van der Waals surface area contributed by atoms with Gasteiger partial charge in [-0.25, -0.2) is 8.42 Å². The molecule has 2 aliphatic carbocycles. The van der Waals surface area contributed by atoms with Crippen molar-refractivity contribution in [3.63, 3.8) is 0 Å². The van der Waals surface area contributed by atoms with Gasteiger partial charge in [0.25, 0.3) is 0 Å². The van der Waals surface area contributed by atoms with E-state index in [2.05, 4.69) is 35.2 Å². The van der Waals surface area contributed by atoms with Crippen molar-refractivity contribution in [2.45, 2.75) is 67.1 Å². The Hall–Kier alpha value is -2.91. The summed E-state index contributed by atoms with van der Waals surface area (Å²) >= 11 is 0. The smallest absolute Gasteiger partial charge is 0.218 e. The normalized spacial score (nSPS) is 30.1. The Morgan fingerprint density at radius 2 is 1.73 bits per heavy atom. The molecule has 0 unspecified atom stereocenters. The molecule has 4 aliphatic rings. The number of piperidine rings is 1. The van der Waals surface area contributed by atoms with E-state index in [1.165, 1.54) is 15.4 Å². The number of aliphatic hydroxyl groups is 1. The molecule has 7 nitrogen and oxygen atoms in total. The van der Waals surface area contributed by atoms with Crippen molar-refractivity contribution >= 4 is 10.0 Å². The average Bonchev–Trinajstić information content (AvgIpc) is 3.33. The highest BCUT2D eigenvalue weighted by atomic mass is 32.2. The van der Waals surface area contributed by atoms with Gasteiger partial charge in [0.1, 0.15) is 6.10 Å². The molecule has 2 fully saturated rings. The van der Waals surface area contributed by atoms with Gasteiger partial charge in [0.2, 0.25) is 10.0 Å². The van der Waals surface area contributed by atoms with Crippen LogP contribution >= 0.6 is 0 Å². The van der Waals surface area contributed by atoms with E-state index in [-0.39, 0.29) is 11.8 Å². The summed E-state index contributed by atoms with van der Waals surface area (Å²) in [4.78, 5) is 2.47. The van der Waals surface area contributed by atoms with Crippen molar-refractivity contribution in [1.82, 2.24) is 9.21 Å². The first-order valence-electron chi connectivity index (χ1n) is 14.7. The van der Waals surface area contributed by atoms with Crippen molar-refractivity contribution in [1.29, 1.82) is 0 Å². The van der Waals surface area contributed by atoms with Crippen LogP contribution in [0, 0.1) is 0 Å². The Bertz CT molecular complexity index is 1550. The van der Waals surface area contributed by atoms with Crippen LogP contribution in [-0.2, 0) is 34.0 Å². The SMILES string of the molecule is COc1ccc2c3c1O[C@H]1[C@H](N(C)S(=O)(=O)Cc4ccccc4)CC[C@@]4(O)[C@@H](C2)N(CCc2ccccc2)CC[C@]314. The Morgan fingerprint density at radius 3 is 2.44 bits per heavy atom. The van der Waals surface area contributed by atoms with Crippen LogP contribution in [0.2, 0.25) is 0 Å². The summed E-state index contributed by atoms with van der Waals surface area (Å²) in [5, 5.41) is 12.9. The van der Waals surface area contributed by atoms with Crippen LogP contribution in [0.1, 0.15) is 41.5 Å². The first-order chi connectivity index (χ1) is 19.8. The fraction of sp³-hybridized carbons (Fsp3) is 0.455. The largest absolute Gasteiger partial charge is 0.493 e. The molecule has 8 heteroatoms. The van der Waals surface area contributed by atoms with Crippen LogP contribution in [0.3, 0.4) is 0 Å². The van der Waals surface area contributed by atoms with E-state index in [1.807, 2.05) is 42.5 Å². The first kappa shape index (κ1) is 27.0. The second kappa shape index (κ2) is 9.83. The lowest BCUT2D eigenvalue weighted by Crippen LogP contribution is -2.78. The molecule has 3 aromatic rings. The maximum atomic E-state index is 13.7. The number of likely N-dealkylation sites (N-methyl/N-ethyl adjacent to an activating group) is 1. The standard InChI is InChI=1S/C33H38N2O5S/c1-34(41(37,38)22-24-11-7-4-8-12-24)26-15-17-33(36)28-21-25-13-14-27(39-2)30-29(25)32(33,31(26)40-30)18-20-35(28)19-16-23-9-5-3-6-10-23/h3-14,26,28,31,36H,15-22H2,1-2H3/t26-,28-,31+,32+,33-/m1/s1. The van der Waals surface area contributed by atoms with E-state index < -0.39 is 33.2 Å². The van der Waals surface area contributed by atoms with Gasteiger partial charge in [0, 0.05) is 25.2 Å². The van der Waals surface area contributed by atoms with Crippen LogP contribution in [-0.4, -0.2) is 73.8 Å². The van der Waals surface area contributed by atoms with Gasteiger partial charge in [0.15, 0.2) is 11.5 Å². The lowest BCUT2D eigenvalue weighted by Gasteiger charge is -2.64. The third-order valence-electron chi connectivity index (χ3n) is 10.4. The van der Waals surface area contributed by atoms with Crippen LogP contribution in [0.4, 0.5) is 0 Å². The highest BCUT2D eigenvalue weighted by Crippen LogP contribution is 2.66. The van der Waals surface area contributed by atoms with Gasteiger partial charge < -0.3 is 14.6 Å². The second-order valence-corrected chi connectivity index (χ2v) is 14.2. The van der Waals surface area contributed by atoms with Gasteiger partial charge in [-0.3, -0.25) is 4.90 Å². The van der Waals surface area contributed by atoms with E-state index in [1.54, 1.807) is 14.2 Å². The minimum atomic E-state index is -3.63. The van der Waals surface area contributed by atoms with Gasteiger partial charge in [-0.1, -0.05) is 66.7 Å². The van der Waals surface area contributed by atoms with E-state index >= 15 is 0 Å². The van der Waals surface area contributed by atoms with Crippen molar-refractivity contribution in [3.05, 3.63) is 95.1 Å². The summed E-state index contributed by atoms with van der Waals surface area (Å²) in [5.41, 5.74) is 2.54. The van der Waals surface area contributed by atoms with Gasteiger partial charge >= 0.3 is 0 Å². The minimum absolute atomic E-state index is 0.0647. The highest BCUT2D eigenvalue weighted by molar-refractivity contribution is 7.88. The number of sulfonamides is 1. The number of hydrogen-bond acceptors (Lipinski definition) is 6. The summed E-state index contributed by atoms with van der Waals surface area (Å²) in [7, 11) is -0.312. The lowest BCUT2D eigenvalue weighted by molar-refractivity contribution is -0.195. The van der Waals surface area contributed by atoms with Crippen LogP contribution in [0.25, 0.3) is 0 Å². The average molecular weight is 575 g/mol. The van der Waals surface area contributed by atoms with Gasteiger partial charge in [-0.2, -0.15) is 4.31 Å². The number of likely N-dealkylation sites (tertiary alicyclic amines) is 1. The maximum Gasteiger partial charge on any atom is 0.218 e. The van der Waals surface area contributed by atoms with E-state index in [0.29, 0.717) is 30.8 Å². The molecule has 2 aliphatic heterocycles. The molecule has 2 bridgehead atoms. The molecule has 1 N–H and O–H groups in total. The predicted octanol–water partition coefficient (Wildman–Crippen LogP) is 3.92. The molecule has 5 atom stereocenters. The minimum Gasteiger partial charge on any atom is -0.493 e. The van der Waals surface area contributed by atoms with E-state index in [0.717, 1.165) is 37.1 Å². The molecule has 7 rings (SSSR count). The topological polar surface area (TPSA) is 79.3 Å². The molecule has 216 valence electrons. The molecule has 0 radical (unpaired) electrons. The predicted molar refractivity (Wildman–Crippen MR) is 158 cm³/mol. The number of nitrogens with zero attached hydrogens (tertiary/aromatic N) is 2. The van der Waals surface area contributed by atoms with Gasteiger partial charge in [-0.15, -0.1) is 0 Å². The van der Waals surface area contributed by atoms with Crippen LogP contribution < -0.4 is 9.47 Å². The fourth-order valence-corrected chi connectivity index (χ4v) is 9.85. The third kappa shape index (κ3) is 3.98. The zero-order valence-corrected chi connectivity index (χ0v) is 24.5. The molecule has 1 saturated carbocycles. The summed E-state index contributed by atoms with van der Waals surface area (Å²) < 4.78 is 41.6. The number of ether oxygens (including phenoxy) is 2. The molecule has 0 amide bonds. The Balaban J connectivity index is 1.26. The summed E-state index contributed by atoms with van der Waals surface area (Å²) in [6.45, 7) is 1.69. The van der Waals surface area contributed by atoms with E-state index in [4.69, 9.17) is 9.47 Å². The molecule has 0 aromatic heterocycles. The van der Waals surface area contributed by atoms with Crippen molar-refractivity contribution in [3.8, 4) is 11.5 Å². The highest BCUT2D eigenvalue weighted by Gasteiger charge is 2.73. The molecule has 2 heterocycles. The summed E-state index contributed by atoms with van der Waals surface area (Å²) in [6.07, 6.45) is 2.91. The number of methoxy groups -OCH3 is 1. The summed E-state index contributed by atoms with van der Waals surface area (Å²) in [6, 6.07) is 23.4. The monoisotopic (exact) mass is 574 g/mol. The fourth-order valence-electron chi connectivity index (χ4n) is 8.41. The summed E-state index contributed by atoms with van der Waals surface area (Å²) in [5.74, 6) is 1.26. The number of hydrogen-bond donors (Lipinski definition) is 1. The quantitative estimate of drug-likeness (QED) is 0.440. The van der Waals surface area contributed by atoms with Crippen LogP contribution in [0.15, 0.2) is 72.8 Å². The Labute approximate surface area is 242 Å². The Morgan fingerprint density at radius 1 is 1.02 bits per heavy atom. The maximum absolute atomic E-state index is 13.7. The Kier molecular flexibility index (Phi) is 6.47. The third-order valence-corrected chi connectivity index (χ3v) is 12.2. The molecular formula is C33H38N2O5S. The molecule has 1 saturated heterocycles. The number of rotatable bonds is 8. The number of benzene rings is 3. The van der Waals surface area contributed by atoms with Crippen molar-refractivity contribution in [2.75, 3.05) is 27.2 Å². The van der Waals surface area contributed by atoms with Crippen LogP contribution in [0.5, 0.6) is 11.5 Å². The lowest BCUT2D eigenvalue weighted by atomic mass is 9.48. The van der Waals surface area contributed by atoms with Crippen molar-refractivity contribution in [2.24, 2.45) is 0 Å². The second-order valence-electron chi connectivity index (χ2n) is 12.2. The molecule has 41 heavy (non-hydrogen) atoms. The van der Waals surface area contributed by atoms with E-state index in [9.17, 15) is 13.5 Å². The zero-order chi connectivity index (χ0) is 28.4.